The molecule has 0 unspecified atom stereocenters. The lowest BCUT2D eigenvalue weighted by Gasteiger charge is -2.39. The molecule has 6 aromatic carbocycles. The molecule has 1 aliphatic rings. The first-order valence-corrected chi connectivity index (χ1v) is 20.8. The van der Waals surface area contributed by atoms with Crippen molar-refractivity contribution in [2.45, 2.75) is 37.5 Å². The molecular formula is C47H42N3OP. The second-order valence-electron chi connectivity index (χ2n) is 14.3. The number of aromatic nitrogens is 3. The highest BCUT2D eigenvalue weighted by Gasteiger charge is 2.35. The van der Waals surface area contributed by atoms with Gasteiger partial charge in [0.05, 0.1) is 0 Å². The van der Waals surface area contributed by atoms with Crippen LogP contribution < -0.4 is 5.30 Å². The molecule has 1 aliphatic carbocycles. The summed E-state index contributed by atoms with van der Waals surface area (Å²) in [6.07, 6.45) is 5.89. The van der Waals surface area contributed by atoms with Gasteiger partial charge in [-0.05, 0) is 71.7 Å². The molecule has 52 heavy (non-hydrogen) atoms. The van der Waals surface area contributed by atoms with Crippen molar-refractivity contribution in [1.82, 2.24) is 15.0 Å². The van der Waals surface area contributed by atoms with Crippen LogP contribution >= 0.6 is 7.14 Å². The summed E-state index contributed by atoms with van der Waals surface area (Å²) >= 11 is 0. The topological polar surface area (TPSA) is 55.7 Å². The van der Waals surface area contributed by atoms with E-state index in [-0.39, 0.29) is 5.41 Å². The average Bonchev–Trinajstić information content (AvgIpc) is 3.21. The van der Waals surface area contributed by atoms with E-state index in [4.69, 9.17) is 15.0 Å². The SMILES string of the molecule is CP(C)(=O)c1cccc(-c2ccc(C3(c4ccc(-c5nc(-c6ccccc6)nc(-c6cccc(-c7ccccc7)c6)n5)cc4)CCCCC3)cc2)c1. The van der Waals surface area contributed by atoms with Gasteiger partial charge in [-0.15, -0.1) is 0 Å². The Morgan fingerprint density at radius 3 is 1.42 bits per heavy atom. The molecule has 7 aromatic rings. The highest BCUT2D eigenvalue weighted by Crippen LogP contribution is 2.46. The summed E-state index contributed by atoms with van der Waals surface area (Å²) in [7, 11) is -2.34. The lowest BCUT2D eigenvalue weighted by Crippen LogP contribution is -2.30. The van der Waals surface area contributed by atoms with E-state index < -0.39 is 7.14 Å². The summed E-state index contributed by atoms with van der Waals surface area (Å²) in [5.41, 5.74) is 10.0. The summed E-state index contributed by atoms with van der Waals surface area (Å²) in [5, 5.41) is 0.916. The van der Waals surface area contributed by atoms with Crippen LogP contribution in [0.5, 0.6) is 0 Å². The molecule has 8 rings (SSSR count). The van der Waals surface area contributed by atoms with Crippen molar-refractivity contribution < 1.29 is 4.57 Å². The zero-order chi connectivity index (χ0) is 35.5. The molecule has 4 nitrogen and oxygen atoms in total. The van der Waals surface area contributed by atoms with E-state index in [1.807, 2.05) is 61.9 Å². The van der Waals surface area contributed by atoms with Crippen molar-refractivity contribution in [2.75, 3.05) is 13.3 Å². The molecule has 0 bridgehead atoms. The van der Waals surface area contributed by atoms with E-state index >= 15 is 0 Å². The van der Waals surface area contributed by atoms with Crippen molar-refractivity contribution in [3.63, 3.8) is 0 Å². The summed E-state index contributed by atoms with van der Waals surface area (Å²) in [6.45, 7) is 3.67. The number of benzene rings is 6. The first-order chi connectivity index (χ1) is 25.4. The maximum Gasteiger partial charge on any atom is 0.164 e. The third-order valence-corrected chi connectivity index (χ3v) is 12.1. The van der Waals surface area contributed by atoms with Crippen LogP contribution in [-0.2, 0) is 9.98 Å². The van der Waals surface area contributed by atoms with Crippen LogP contribution in [0.2, 0.25) is 0 Å². The van der Waals surface area contributed by atoms with Crippen LogP contribution in [-0.4, -0.2) is 28.3 Å². The molecular weight excluding hydrogens is 654 g/mol. The number of nitrogens with zero attached hydrogens (tertiary/aromatic N) is 3. The standard InChI is InChI=1S/C47H42N3OP/c1-52(2,51)43-21-13-19-39(33-43)35-22-26-41(27-23-35)47(30-10-5-11-31-47)42-28-24-37(25-29-42)45-48-44(36-16-8-4-9-17-36)49-46(50-45)40-20-12-18-38(32-40)34-14-6-3-7-15-34/h3-4,6-9,12-29,32-33H,5,10-11,30-31H2,1-2H3. The van der Waals surface area contributed by atoms with Gasteiger partial charge in [0.25, 0.3) is 0 Å². The highest BCUT2D eigenvalue weighted by molar-refractivity contribution is 7.70. The van der Waals surface area contributed by atoms with Gasteiger partial charge in [-0.3, -0.25) is 0 Å². The maximum atomic E-state index is 12.8. The van der Waals surface area contributed by atoms with Crippen molar-refractivity contribution in [3.8, 4) is 56.4 Å². The van der Waals surface area contributed by atoms with Crippen LogP contribution in [0.15, 0.2) is 158 Å². The van der Waals surface area contributed by atoms with E-state index in [1.165, 1.54) is 30.4 Å². The fourth-order valence-electron chi connectivity index (χ4n) is 7.66. The average molecular weight is 696 g/mol. The Balaban J connectivity index is 1.15. The summed E-state index contributed by atoms with van der Waals surface area (Å²) in [5.74, 6) is 1.97. The summed E-state index contributed by atoms with van der Waals surface area (Å²) in [6, 6.07) is 55.2. The first kappa shape index (κ1) is 33.7. The van der Waals surface area contributed by atoms with E-state index in [0.717, 1.165) is 57.1 Å². The Bertz CT molecular complexity index is 2360. The molecule has 0 aliphatic heterocycles. The Morgan fingerprint density at radius 1 is 0.423 bits per heavy atom. The fourth-order valence-corrected chi connectivity index (χ4v) is 8.55. The number of hydrogen-bond acceptors (Lipinski definition) is 4. The minimum atomic E-state index is -2.34. The van der Waals surface area contributed by atoms with Crippen LogP contribution in [0.3, 0.4) is 0 Å². The van der Waals surface area contributed by atoms with Crippen LogP contribution in [0.1, 0.15) is 43.2 Å². The van der Waals surface area contributed by atoms with Crippen LogP contribution in [0.4, 0.5) is 0 Å². The normalized spacial score (nSPS) is 14.2. The van der Waals surface area contributed by atoms with Crippen molar-refractivity contribution >= 4 is 12.4 Å². The van der Waals surface area contributed by atoms with Gasteiger partial charge in [0.1, 0.15) is 7.14 Å². The molecule has 0 saturated heterocycles. The van der Waals surface area contributed by atoms with Gasteiger partial charge in [0, 0.05) is 27.4 Å². The third kappa shape index (κ3) is 6.92. The van der Waals surface area contributed by atoms with Gasteiger partial charge in [-0.1, -0.05) is 165 Å². The smallest absolute Gasteiger partial charge is 0.164 e. The molecule has 1 fully saturated rings. The Hall–Kier alpha value is -5.44. The molecule has 1 saturated carbocycles. The Kier molecular flexibility index (Phi) is 9.26. The third-order valence-electron chi connectivity index (χ3n) is 10.5. The molecule has 1 aromatic heterocycles. The quantitative estimate of drug-likeness (QED) is 0.149. The van der Waals surface area contributed by atoms with Crippen LogP contribution in [0, 0.1) is 0 Å². The lowest BCUT2D eigenvalue weighted by molar-refractivity contribution is 0.346. The van der Waals surface area contributed by atoms with Gasteiger partial charge in [0.15, 0.2) is 17.5 Å². The van der Waals surface area contributed by atoms with E-state index in [2.05, 4.69) is 109 Å². The number of hydrogen-bond donors (Lipinski definition) is 0. The molecule has 0 radical (unpaired) electrons. The van der Waals surface area contributed by atoms with Gasteiger partial charge >= 0.3 is 0 Å². The molecule has 1 heterocycles. The molecule has 5 heteroatoms. The van der Waals surface area contributed by atoms with Crippen molar-refractivity contribution in [3.05, 3.63) is 169 Å². The van der Waals surface area contributed by atoms with E-state index in [1.54, 1.807) is 0 Å². The van der Waals surface area contributed by atoms with Gasteiger partial charge < -0.3 is 4.57 Å². The fraction of sp³-hybridized carbons (Fsp3) is 0.170. The van der Waals surface area contributed by atoms with Crippen molar-refractivity contribution in [2.24, 2.45) is 0 Å². The zero-order valence-corrected chi connectivity index (χ0v) is 30.6. The summed E-state index contributed by atoms with van der Waals surface area (Å²) < 4.78 is 12.8. The molecule has 0 atom stereocenters. The monoisotopic (exact) mass is 695 g/mol. The molecule has 0 spiro atoms. The highest BCUT2D eigenvalue weighted by atomic mass is 31.2. The predicted octanol–water partition coefficient (Wildman–Crippen LogP) is 11.7. The van der Waals surface area contributed by atoms with E-state index in [0.29, 0.717) is 17.5 Å². The molecule has 0 N–H and O–H groups in total. The predicted molar refractivity (Wildman–Crippen MR) is 216 cm³/mol. The van der Waals surface area contributed by atoms with Gasteiger partial charge in [-0.25, -0.2) is 15.0 Å². The minimum Gasteiger partial charge on any atom is -0.319 e. The van der Waals surface area contributed by atoms with Crippen LogP contribution in [0.25, 0.3) is 56.4 Å². The Labute approximate surface area is 307 Å². The molecule has 256 valence electrons. The van der Waals surface area contributed by atoms with Crippen molar-refractivity contribution in [1.29, 1.82) is 0 Å². The molecule has 0 amide bonds. The largest absolute Gasteiger partial charge is 0.319 e. The summed E-state index contributed by atoms with van der Waals surface area (Å²) in [4.78, 5) is 15.1. The second-order valence-corrected chi connectivity index (χ2v) is 17.5. The Morgan fingerprint density at radius 2 is 0.846 bits per heavy atom. The zero-order valence-electron chi connectivity index (χ0n) is 29.7. The minimum absolute atomic E-state index is 0.0585. The number of rotatable bonds is 8. The van der Waals surface area contributed by atoms with Gasteiger partial charge in [-0.2, -0.15) is 0 Å². The lowest BCUT2D eigenvalue weighted by atomic mass is 9.65. The van der Waals surface area contributed by atoms with Gasteiger partial charge in [0.2, 0.25) is 0 Å². The first-order valence-electron chi connectivity index (χ1n) is 18.2. The van der Waals surface area contributed by atoms with E-state index in [9.17, 15) is 4.57 Å². The maximum absolute atomic E-state index is 12.8. The second kappa shape index (κ2) is 14.3.